The second-order valence-electron chi connectivity index (χ2n) is 6.99. The molecule has 0 radical (unpaired) electrons. The van der Waals surface area contributed by atoms with Gasteiger partial charge < -0.3 is 5.32 Å². The smallest absolute Gasteiger partial charge is 0.266 e. The van der Waals surface area contributed by atoms with Crippen molar-refractivity contribution >= 4 is 33.2 Å². The average Bonchev–Trinajstić information content (AvgIpc) is 2.93. The van der Waals surface area contributed by atoms with Crippen molar-refractivity contribution < 1.29 is 22.8 Å². The van der Waals surface area contributed by atoms with Crippen LogP contribution in [0.15, 0.2) is 36.4 Å². The number of imide groups is 1. The van der Waals surface area contributed by atoms with Crippen molar-refractivity contribution in [2.75, 3.05) is 23.0 Å². The molecule has 3 rings (SSSR count). The monoisotopic (exact) mass is 414 g/mol. The van der Waals surface area contributed by atoms with Gasteiger partial charge in [0.25, 0.3) is 17.7 Å². The summed E-state index contributed by atoms with van der Waals surface area (Å²) in [5.41, 5.74) is 2.82. The molecular formula is C21H22N2O5S. The first-order valence-electron chi connectivity index (χ1n) is 9.23. The minimum absolute atomic E-state index is 0.00649. The number of benzene rings is 2. The molecule has 2 aromatic carbocycles. The molecule has 0 spiro atoms. The highest BCUT2D eigenvalue weighted by Gasteiger charge is 2.37. The fourth-order valence-corrected chi connectivity index (χ4v) is 3.83. The maximum absolute atomic E-state index is 12.9. The maximum atomic E-state index is 12.9. The lowest BCUT2D eigenvalue weighted by molar-refractivity contribution is 0.0923. The minimum Gasteiger partial charge on any atom is -0.351 e. The molecule has 0 atom stereocenters. The van der Waals surface area contributed by atoms with Gasteiger partial charge in [0.15, 0.2) is 9.84 Å². The third-order valence-corrected chi connectivity index (χ3v) is 6.60. The average molecular weight is 414 g/mol. The summed E-state index contributed by atoms with van der Waals surface area (Å²) in [5, 5.41) is 2.54. The van der Waals surface area contributed by atoms with E-state index in [4.69, 9.17) is 0 Å². The summed E-state index contributed by atoms with van der Waals surface area (Å²) in [7, 11) is -3.19. The Bertz CT molecular complexity index is 1120. The second kappa shape index (κ2) is 7.79. The van der Waals surface area contributed by atoms with Crippen LogP contribution in [-0.2, 0) is 9.84 Å². The molecule has 3 amide bonds. The molecule has 29 heavy (non-hydrogen) atoms. The van der Waals surface area contributed by atoms with E-state index >= 15 is 0 Å². The zero-order valence-electron chi connectivity index (χ0n) is 16.5. The molecule has 1 heterocycles. The minimum atomic E-state index is -3.19. The van der Waals surface area contributed by atoms with Crippen molar-refractivity contribution in [2.45, 2.75) is 20.8 Å². The van der Waals surface area contributed by atoms with Crippen LogP contribution in [0.3, 0.4) is 0 Å². The van der Waals surface area contributed by atoms with Crippen LogP contribution in [0.2, 0.25) is 0 Å². The highest BCUT2D eigenvalue weighted by atomic mass is 32.2. The Morgan fingerprint density at radius 2 is 1.69 bits per heavy atom. The van der Waals surface area contributed by atoms with E-state index in [2.05, 4.69) is 5.32 Å². The van der Waals surface area contributed by atoms with E-state index in [0.29, 0.717) is 5.69 Å². The van der Waals surface area contributed by atoms with Crippen molar-refractivity contribution in [2.24, 2.45) is 0 Å². The van der Waals surface area contributed by atoms with Crippen LogP contribution in [0.5, 0.6) is 0 Å². The van der Waals surface area contributed by atoms with Crippen LogP contribution in [0.25, 0.3) is 0 Å². The van der Waals surface area contributed by atoms with Crippen molar-refractivity contribution in [3.05, 3.63) is 64.2 Å². The predicted octanol–water partition coefficient (Wildman–Crippen LogP) is 2.27. The molecule has 0 unspecified atom stereocenters. The van der Waals surface area contributed by atoms with Crippen LogP contribution in [0, 0.1) is 13.8 Å². The van der Waals surface area contributed by atoms with Crippen molar-refractivity contribution in [3.63, 3.8) is 0 Å². The number of amides is 3. The number of rotatable bonds is 6. The Morgan fingerprint density at radius 1 is 1.00 bits per heavy atom. The number of hydrogen-bond donors (Lipinski definition) is 1. The van der Waals surface area contributed by atoms with Crippen LogP contribution in [-0.4, -0.2) is 44.2 Å². The normalized spacial score (nSPS) is 13.6. The van der Waals surface area contributed by atoms with Crippen molar-refractivity contribution in [1.82, 2.24) is 5.32 Å². The van der Waals surface area contributed by atoms with Gasteiger partial charge in [-0.15, -0.1) is 0 Å². The van der Waals surface area contributed by atoms with Gasteiger partial charge in [-0.05, 0) is 49.2 Å². The summed E-state index contributed by atoms with van der Waals surface area (Å²) in [6.07, 6.45) is 0. The lowest BCUT2D eigenvalue weighted by atomic mass is 10.1. The van der Waals surface area contributed by atoms with Gasteiger partial charge in [-0.1, -0.05) is 19.1 Å². The van der Waals surface area contributed by atoms with Gasteiger partial charge in [-0.2, -0.15) is 0 Å². The molecule has 0 bridgehead atoms. The molecule has 0 aromatic heterocycles. The molecule has 8 heteroatoms. The Morgan fingerprint density at radius 3 is 2.38 bits per heavy atom. The van der Waals surface area contributed by atoms with Gasteiger partial charge in [0.05, 0.1) is 22.6 Å². The molecule has 0 fully saturated rings. The number of aryl methyl sites for hydroxylation is 2. The van der Waals surface area contributed by atoms with Crippen molar-refractivity contribution in [3.8, 4) is 0 Å². The molecule has 1 aliphatic heterocycles. The summed E-state index contributed by atoms with van der Waals surface area (Å²) in [6.45, 7) is 5.22. The summed E-state index contributed by atoms with van der Waals surface area (Å²) >= 11 is 0. The summed E-state index contributed by atoms with van der Waals surface area (Å²) in [5.74, 6) is -1.56. The van der Waals surface area contributed by atoms with E-state index in [1.54, 1.807) is 13.0 Å². The van der Waals surface area contributed by atoms with Gasteiger partial charge in [-0.3, -0.25) is 14.4 Å². The Balaban J connectivity index is 1.84. The van der Waals surface area contributed by atoms with E-state index in [-0.39, 0.29) is 34.7 Å². The SMILES string of the molecule is CCS(=O)(=O)CCNC(=O)c1ccc2c(c1)C(=O)N(c1cc(C)ccc1C)C2=O. The number of carbonyl (C=O) groups excluding carboxylic acids is 3. The van der Waals surface area contributed by atoms with E-state index in [9.17, 15) is 22.8 Å². The highest BCUT2D eigenvalue weighted by molar-refractivity contribution is 7.91. The molecule has 7 nitrogen and oxygen atoms in total. The number of anilines is 1. The fraction of sp³-hybridized carbons (Fsp3) is 0.286. The first-order chi connectivity index (χ1) is 13.6. The highest BCUT2D eigenvalue weighted by Crippen LogP contribution is 2.31. The first kappa shape index (κ1) is 20.7. The zero-order valence-corrected chi connectivity index (χ0v) is 17.3. The van der Waals surface area contributed by atoms with E-state index in [1.807, 2.05) is 26.0 Å². The first-order valence-corrected chi connectivity index (χ1v) is 11.1. The summed E-state index contributed by atoms with van der Waals surface area (Å²) < 4.78 is 23.1. The molecule has 1 aliphatic rings. The standard InChI is InChI=1S/C21H22N2O5S/c1-4-29(27,28)10-9-22-19(24)15-7-8-16-17(12-15)21(26)23(20(16)25)18-11-13(2)5-6-14(18)3/h5-8,11-12H,4,9-10H2,1-3H3,(H,22,24). The zero-order chi connectivity index (χ0) is 21.3. The Kier molecular flexibility index (Phi) is 5.57. The molecule has 152 valence electrons. The van der Waals surface area contributed by atoms with Crippen LogP contribution in [0.4, 0.5) is 5.69 Å². The van der Waals surface area contributed by atoms with E-state index < -0.39 is 27.6 Å². The molecule has 0 saturated heterocycles. The van der Waals surface area contributed by atoms with E-state index in [1.165, 1.54) is 18.2 Å². The van der Waals surface area contributed by atoms with Crippen LogP contribution >= 0.6 is 0 Å². The van der Waals surface area contributed by atoms with Crippen molar-refractivity contribution in [1.29, 1.82) is 0 Å². The molecule has 0 aliphatic carbocycles. The molecule has 2 aromatic rings. The number of nitrogens with one attached hydrogen (secondary N) is 1. The third kappa shape index (κ3) is 4.07. The van der Waals surface area contributed by atoms with Gasteiger partial charge in [0.2, 0.25) is 0 Å². The lowest BCUT2D eigenvalue weighted by Crippen LogP contribution is -2.30. The maximum Gasteiger partial charge on any atom is 0.266 e. The number of nitrogens with zero attached hydrogens (tertiary/aromatic N) is 1. The van der Waals surface area contributed by atoms with Gasteiger partial charge in [-0.25, -0.2) is 13.3 Å². The second-order valence-corrected chi connectivity index (χ2v) is 9.46. The van der Waals surface area contributed by atoms with Gasteiger partial charge in [0, 0.05) is 17.9 Å². The molecule has 0 saturated carbocycles. The van der Waals surface area contributed by atoms with Gasteiger partial charge >= 0.3 is 0 Å². The van der Waals surface area contributed by atoms with Crippen LogP contribution in [0.1, 0.15) is 49.1 Å². The number of carbonyl (C=O) groups is 3. The number of fused-ring (bicyclic) bond motifs is 1. The van der Waals surface area contributed by atoms with E-state index in [0.717, 1.165) is 16.0 Å². The fourth-order valence-electron chi connectivity index (χ4n) is 3.13. The number of hydrogen-bond acceptors (Lipinski definition) is 5. The third-order valence-electron chi connectivity index (χ3n) is 4.89. The summed E-state index contributed by atoms with van der Waals surface area (Å²) in [4.78, 5) is 39.2. The molecular weight excluding hydrogens is 392 g/mol. The predicted molar refractivity (Wildman–Crippen MR) is 110 cm³/mol. The largest absolute Gasteiger partial charge is 0.351 e. The summed E-state index contributed by atoms with van der Waals surface area (Å²) in [6, 6.07) is 9.82. The van der Waals surface area contributed by atoms with Gasteiger partial charge in [0.1, 0.15) is 0 Å². The van der Waals surface area contributed by atoms with Crippen LogP contribution < -0.4 is 10.2 Å². The Labute approximate surface area is 169 Å². The quantitative estimate of drug-likeness (QED) is 0.731. The number of sulfone groups is 1. The lowest BCUT2D eigenvalue weighted by Gasteiger charge is -2.17. The molecule has 1 N–H and O–H groups in total. The topological polar surface area (TPSA) is 101 Å². The Hall–Kier alpha value is -3.00.